The molecule has 100 valence electrons. The Morgan fingerprint density at radius 3 is 2.06 bits per heavy atom. The lowest BCUT2D eigenvalue weighted by atomic mass is 9.97. The summed E-state index contributed by atoms with van der Waals surface area (Å²) in [7, 11) is 0. The number of ether oxygens (including phenoxy) is 1. The molecule has 17 heavy (non-hydrogen) atoms. The number of esters is 1. The predicted octanol–water partition coefficient (Wildman–Crippen LogP) is 4.47. The van der Waals surface area contributed by atoms with E-state index in [2.05, 4.69) is 6.92 Å². The second-order valence-corrected chi connectivity index (χ2v) is 5.54. The van der Waals surface area contributed by atoms with Gasteiger partial charge in [0.1, 0.15) is 6.10 Å². The Balaban J connectivity index is 2.35. The fourth-order valence-electron chi connectivity index (χ4n) is 2.41. The molecule has 0 bridgehead atoms. The maximum Gasteiger partial charge on any atom is 0.306 e. The first kappa shape index (κ1) is 14.5. The number of cyclic esters (lactones) is 1. The standard InChI is InChI=1S/C15H28O2/c1-13-11-9-7-5-3-4-6-8-10-12-15(16)17-14(13)2/h13-14H,3-12H2,1-2H3/t13-,14-/m0/s1. The van der Waals surface area contributed by atoms with E-state index in [-0.39, 0.29) is 12.1 Å². The van der Waals surface area contributed by atoms with E-state index >= 15 is 0 Å². The van der Waals surface area contributed by atoms with Crippen molar-refractivity contribution >= 4 is 5.97 Å². The molecule has 1 saturated heterocycles. The summed E-state index contributed by atoms with van der Waals surface area (Å²) < 4.78 is 5.47. The molecule has 0 aromatic heterocycles. The van der Waals surface area contributed by atoms with E-state index in [9.17, 15) is 4.79 Å². The molecule has 1 rings (SSSR count). The highest BCUT2D eigenvalue weighted by molar-refractivity contribution is 5.69. The van der Waals surface area contributed by atoms with Crippen molar-refractivity contribution in [3.63, 3.8) is 0 Å². The quantitative estimate of drug-likeness (QED) is 0.584. The van der Waals surface area contributed by atoms with E-state index in [1.54, 1.807) is 0 Å². The van der Waals surface area contributed by atoms with Gasteiger partial charge in [0.25, 0.3) is 0 Å². The fraction of sp³-hybridized carbons (Fsp3) is 0.933. The van der Waals surface area contributed by atoms with Crippen molar-refractivity contribution in [2.24, 2.45) is 5.92 Å². The zero-order valence-corrected chi connectivity index (χ0v) is 11.5. The molecule has 0 spiro atoms. The van der Waals surface area contributed by atoms with Gasteiger partial charge in [0, 0.05) is 6.42 Å². The lowest BCUT2D eigenvalue weighted by Gasteiger charge is -2.20. The molecule has 1 aliphatic rings. The molecule has 0 amide bonds. The summed E-state index contributed by atoms with van der Waals surface area (Å²) in [5, 5.41) is 0. The molecule has 2 heteroatoms. The molecule has 0 aromatic carbocycles. The lowest BCUT2D eigenvalue weighted by Crippen LogP contribution is -2.22. The lowest BCUT2D eigenvalue weighted by molar-refractivity contribution is -0.150. The van der Waals surface area contributed by atoms with Crippen LogP contribution < -0.4 is 0 Å². The Morgan fingerprint density at radius 2 is 1.41 bits per heavy atom. The molecule has 0 radical (unpaired) electrons. The van der Waals surface area contributed by atoms with E-state index < -0.39 is 0 Å². The van der Waals surface area contributed by atoms with Crippen molar-refractivity contribution < 1.29 is 9.53 Å². The number of hydrogen-bond donors (Lipinski definition) is 0. The van der Waals surface area contributed by atoms with E-state index in [4.69, 9.17) is 4.74 Å². The summed E-state index contributed by atoms with van der Waals surface area (Å²) in [5.41, 5.74) is 0. The van der Waals surface area contributed by atoms with Gasteiger partial charge in [-0.3, -0.25) is 4.79 Å². The first-order valence-corrected chi connectivity index (χ1v) is 7.39. The van der Waals surface area contributed by atoms with E-state index in [1.807, 2.05) is 6.92 Å². The molecule has 1 fully saturated rings. The van der Waals surface area contributed by atoms with Crippen LogP contribution >= 0.6 is 0 Å². The topological polar surface area (TPSA) is 26.3 Å². The minimum absolute atomic E-state index is 0.00131. The summed E-state index contributed by atoms with van der Waals surface area (Å²) in [6.45, 7) is 4.23. The van der Waals surface area contributed by atoms with Gasteiger partial charge in [-0.2, -0.15) is 0 Å². The van der Waals surface area contributed by atoms with Gasteiger partial charge in [-0.05, 0) is 25.7 Å². The van der Waals surface area contributed by atoms with Crippen LogP contribution in [0.5, 0.6) is 0 Å². The molecule has 2 atom stereocenters. The predicted molar refractivity (Wildman–Crippen MR) is 70.9 cm³/mol. The third-order valence-electron chi connectivity index (χ3n) is 3.91. The molecule has 2 nitrogen and oxygen atoms in total. The van der Waals surface area contributed by atoms with Crippen LogP contribution in [0, 0.1) is 5.92 Å². The maximum absolute atomic E-state index is 11.6. The summed E-state index contributed by atoms with van der Waals surface area (Å²) >= 11 is 0. The highest BCUT2D eigenvalue weighted by Crippen LogP contribution is 2.19. The molecule has 1 heterocycles. The van der Waals surface area contributed by atoms with Crippen LogP contribution in [0.2, 0.25) is 0 Å². The molecule has 0 saturated carbocycles. The summed E-state index contributed by atoms with van der Waals surface area (Å²) in [4.78, 5) is 11.6. The van der Waals surface area contributed by atoms with E-state index in [0.29, 0.717) is 12.3 Å². The van der Waals surface area contributed by atoms with Crippen molar-refractivity contribution in [3.05, 3.63) is 0 Å². The number of rotatable bonds is 0. The van der Waals surface area contributed by atoms with Crippen LogP contribution in [-0.2, 0) is 9.53 Å². The van der Waals surface area contributed by atoms with Crippen LogP contribution in [0.3, 0.4) is 0 Å². The number of carbonyl (C=O) groups is 1. The Morgan fingerprint density at radius 1 is 0.882 bits per heavy atom. The van der Waals surface area contributed by atoms with Gasteiger partial charge in [0.15, 0.2) is 0 Å². The molecule has 1 aliphatic heterocycles. The van der Waals surface area contributed by atoms with Gasteiger partial charge in [0.2, 0.25) is 0 Å². The minimum Gasteiger partial charge on any atom is -0.462 e. The van der Waals surface area contributed by atoms with Crippen molar-refractivity contribution in [2.75, 3.05) is 0 Å². The molecule has 0 N–H and O–H groups in total. The van der Waals surface area contributed by atoms with Crippen LogP contribution in [-0.4, -0.2) is 12.1 Å². The average Bonchev–Trinajstić information content (AvgIpc) is 2.30. The van der Waals surface area contributed by atoms with Crippen molar-refractivity contribution in [1.29, 1.82) is 0 Å². The second-order valence-electron chi connectivity index (χ2n) is 5.54. The van der Waals surface area contributed by atoms with Gasteiger partial charge >= 0.3 is 5.97 Å². The van der Waals surface area contributed by atoms with Crippen molar-refractivity contribution in [3.8, 4) is 0 Å². The van der Waals surface area contributed by atoms with Crippen LogP contribution in [0.4, 0.5) is 0 Å². The van der Waals surface area contributed by atoms with E-state index in [0.717, 1.165) is 6.42 Å². The first-order chi connectivity index (χ1) is 8.20. The van der Waals surface area contributed by atoms with Gasteiger partial charge in [-0.1, -0.05) is 51.9 Å². The van der Waals surface area contributed by atoms with Gasteiger partial charge < -0.3 is 4.74 Å². The average molecular weight is 240 g/mol. The second kappa shape index (κ2) is 8.54. The summed E-state index contributed by atoms with van der Waals surface area (Å²) in [5.74, 6) is 0.503. The third kappa shape index (κ3) is 6.70. The van der Waals surface area contributed by atoms with Crippen LogP contribution in [0.15, 0.2) is 0 Å². The zero-order valence-electron chi connectivity index (χ0n) is 11.5. The molecule has 0 unspecified atom stereocenters. The van der Waals surface area contributed by atoms with Gasteiger partial charge in [-0.15, -0.1) is 0 Å². The number of hydrogen-bond acceptors (Lipinski definition) is 2. The SMILES string of the molecule is C[C@@H]1OC(=O)CCCCCCCCCC[C@@H]1C. The van der Waals surface area contributed by atoms with Crippen LogP contribution in [0.25, 0.3) is 0 Å². The molecular formula is C15H28O2. The fourth-order valence-corrected chi connectivity index (χ4v) is 2.41. The highest BCUT2D eigenvalue weighted by atomic mass is 16.5. The normalized spacial score (nSPS) is 30.4. The summed E-state index contributed by atoms with van der Waals surface area (Å²) in [6.07, 6.45) is 12.0. The monoisotopic (exact) mass is 240 g/mol. The Hall–Kier alpha value is -0.530. The van der Waals surface area contributed by atoms with Crippen molar-refractivity contribution in [1.82, 2.24) is 0 Å². The van der Waals surface area contributed by atoms with E-state index in [1.165, 1.54) is 51.4 Å². The Labute approximate surface area is 106 Å². The van der Waals surface area contributed by atoms with Gasteiger partial charge in [0.05, 0.1) is 0 Å². The number of carbonyl (C=O) groups excluding carboxylic acids is 1. The zero-order chi connectivity index (χ0) is 12.5. The van der Waals surface area contributed by atoms with Crippen molar-refractivity contribution in [2.45, 2.75) is 84.2 Å². The van der Waals surface area contributed by atoms with Gasteiger partial charge in [-0.25, -0.2) is 0 Å². The van der Waals surface area contributed by atoms with Crippen LogP contribution in [0.1, 0.15) is 78.1 Å². The summed E-state index contributed by atoms with van der Waals surface area (Å²) in [6, 6.07) is 0. The molecule has 0 aromatic rings. The Kier molecular flexibility index (Phi) is 7.30. The molecular weight excluding hydrogens is 212 g/mol. The minimum atomic E-state index is 0.00131. The Bertz CT molecular complexity index is 213. The maximum atomic E-state index is 11.6. The largest absolute Gasteiger partial charge is 0.462 e. The smallest absolute Gasteiger partial charge is 0.306 e. The highest BCUT2D eigenvalue weighted by Gasteiger charge is 2.16. The first-order valence-electron chi connectivity index (χ1n) is 7.39. The molecule has 0 aliphatic carbocycles. The third-order valence-corrected chi connectivity index (χ3v) is 3.91.